The van der Waals surface area contributed by atoms with Crippen molar-refractivity contribution in [2.75, 3.05) is 12.0 Å². The van der Waals surface area contributed by atoms with Crippen LogP contribution in [0.1, 0.15) is 31.1 Å². The average molecular weight is 313 g/mol. The van der Waals surface area contributed by atoms with Gasteiger partial charge in [0.1, 0.15) is 17.1 Å². The summed E-state index contributed by atoms with van der Waals surface area (Å²) >= 11 is 0. The molecule has 0 saturated heterocycles. The van der Waals surface area contributed by atoms with Crippen LogP contribution in [0.2, 0.25) is 0 Å². The SMILES string of the molecule is COc1cccc2c1C(=O)N(c1ccc(C(=O)O)c(O)c1)C2=O. The molecule has 0 saturated carbocycles. The fourth-order valence-electron chi connectivity index (χ4n) is 2.50. The fraction of sp³-hybridized carbons (Fsp3) is 0.0625. The minimum atomic E-state index is -1.31. The number of benzene rings is 2. The number of aromatic hydroxyl groups is 1. The molecule has 3 rings (SSSR count). The number of carboxylic acid groups (broad SMARTS) is 1. The van der Waals surface area contributed by atoms with E-state index in [1.54, 1.807) is 12.1 Å². The number of hydrogen-bond acceptors (Lipinski definition) is 5. The summed E-state index contributed by atoms with van der Waals surface area (Å²) in [6, 6.07) is 8.15. The standard InChI is InChI=1S/C16H11NO6/c1-23-12-4-2-3-10-13(12)15(20)17(14(10)19)8-5-6-9(16(21)22)11(18)7-8/h2-7,18H,1H3,(H,21,22). The van der Waals surface area contributed by atoms with Crippen molar-refractivity contribution in [2.45, 2.75) is 0 Å². The third kappa shape index (κ3) is 2.10. The first-order valence-corrected chi connectivity index (χ1v) is 6.57. The van der Waals surface area contributed by atoms with E-state index >= 15 is 0 Å². The summed E-state index contributed by atoms with van der Waals surface area (Å²) in [5.74, 6) is -2.72. The molecule has 0 aromatic heterocycles. The largest absolute Gasteiger partial charge is 0.507 e. The number of phenols is 1. The van der Waals surface area contributed by atoms with Crippen molar-refractivity contribution in [3.8, 4) is 11.5 Å². The first kappa shape index (κ1) is 14.6. The van der Waals surface area contributed by atoms with Crippen LogP contribution >= 0.6 is 0 Å². The Morgan fingerprint density at radius 3 is 2.48 bits per heavy atom. The van der Waals surface area contributed by atoms with E-state index < -0.39 is 23.5 Å². The van der Waals surface area contributed by atoms with Crippen molar-refractivity contribution in [3.63, 3.8) is 0 Å². The van der Waals surface area contributed by atoms with Crippen LogP contribution in [0, 0.1) is 0 Å². The van der Waals surface area contributed by atoms with Gasteiger partial charge in [-0.1, -0.05) is 6.07 Å². The zero-order valence-corrected chi connectivity index (χ0v) is 11.9. The predicted octanol–water partition coefficient (Wildman–Crippen LogP) is 1.90. The Morgan fingerprint density at radius 1 is 1.13 bits per heavy atom. The molecule has 7 nitrogen and oxygen atoms in total. The third-order valence-corrected chi connectivity index (χ3v) is 3.57. The lowest BCUT2D eigenvalue weighted by Gasteiger charge is -2.14. The summed E-state index contributed by atoms with van der Waals surface area (Å²) in [5, 5.41) is 18.7. The highest BCUT2D eigenvalue weighted by atomic mass is 16.5. The van der Waals surface area contributed by atoms with E-state index in [1.165, 1.54) is 19.2 Å². The number of anilines is 1. The lowest BCUT2D eigenvalue weighted by atomic mass is 10.1. The van der Waals surface area contributed by atoms with Crippen LogP contribution < -0.4 is 9.64 Å². The van der Waals surface area contributed by atoms with E-state index in [-0.39, 0.29) is 28.1 Å². The first-order valence-electron chi connectivity index (χ1n) is 6.57. The molecule has 0 fully saturated rings. The molecule has 2 N–H and O–H groups in total. The van der Waals surface area contributed by atoms with Crippen molar-refractivity contribution < 1.29 is 29.3 Å². The molecule has 1 heterocycles. The summed E-state index contributed by atoms with van der Waals surface area (Å²) in [4.78, 5) is 36.8. The van der Waals surface area contributed by atoms with Crippen LogP contribution in [0.4, 0.5) is 5.69 Å². The summed E-state index contributed by atoms with van der Waals surface area (Å²) in [7, 11) is 1.39. The number of rotatable bonds is 3. The molecule has 23 heavy (non-hydrogen) atoms. The molecule has 0 aliphatic carbocycles. The van der Waals surface area contributed by atoms with Gasteiger partial charge in [0, 0.05) is 6.07 Å². The van der Waals surface area contributed by atoms with Gasteiger partial charge in [-0.25, -0.2) is 9.69 Å². The number of ether oxygens (including phenoxy) is 1. The quantitative estimate of drug-likeness (QED) is 0.839. The Hall–Kier alpha value is -3.35. The third-order valence-electron chi connectivity index (χ3n) is 3.57. The molecular weight excluding hydrogens is 302 g/mol. The zero-order valence-electron chi connectivity index (χ0n) is 11.9. The number of carbonyl (C=O) groups is 3. The number of carbonyl (C=O) groups excluding carboxylic acids is 2. The summed E-state index contributed by atoms with van der Waals surface area (Å²) in [6.07, 6.45) is 0. The molecule has 0 radical (unpaired) electrons. The summed E-state index contributed by atoms with van der Waals surface area (Å²) in [6.45, 7) is 0. The maximum absolute atomic E-state index is 12.5. The molecule has 0 spiro atoms. The van der Waals surface area contributed by atoms with E-state index in [9.17, 15) is 19.5 Å². The highest BCUT2D eigenvalue weighted by Crippen LogP contribution is 2.35. The Kier molecular flexibility index (Phi) is 3.25. The van der Waals surface area contributed by atoms with Gasteiger partial charge >= 0.3 is 5.97 Å². The number of amides is 2. The predicted molar refractivity (Wildman–Crippen MR) is 79.2 cm³/mol. The maximum atomic E-state index is 12.5. The first-order chi connectivity index (χ1) is 11.0. The maximum Gasteiger partial charge on any atom is 0.339 e. The molecular formula is C16H11NO6. The lowest BCUT2D eigenvalue weighted by Crippen LogP contribution is -2.29. The van der Waals surface area contributed by atoms with E-state index in [4.69, 9.17) is 9.84 Å². The fourth-order valence-corrected chi connectivity index (χ4v) is 2.50. The molecule has 116 valence electrons. The second kappa shape index (κ2) is 5.13. The molecule has 0 atom stereocenters. The zero-order chi connectivity index (χ0) is 16.7. The second-order valence-corrected chi connectivity index (χ2v) is 4.84. The lowest BCUT2D eigenvalue weighted by molar-refractivity contribution is 0.0693. The molecule has 1 aliphatic heterocycles. The molecule has 2 aromatic carbocycles. The van der Waals surface area contributed by atoms with Crippen LogP contribution in [0.15, 0.2) is 36.4 Å². The Labute approximate surface area is 130 Å². The normalized spacial score (nSPS) is 13.2. The van der Waals surface area contributed by atoms with Crippen LogP contribution in [0.3, 0.4) is 0 Å². The van der Waals surface area contributed by atoms with Gasteiger partial charge in [-0.3, -0.25) is 9.59 Å². The molecule has 7 heteroatoms. The van der Waals surface area contributed by atoms with Gasteiger partial charge in [0.25, 0.3) is 11.8 Å². The minimum absolute atomic E-state index is 0.0840. The molecule has 2 amide bonds. The van der Waals surface area contributed by atoms with Crippen molar-refractivity contribution in [3.05, 3.63) is 53.1 Å². The Morgan fingerprint density at radius 2 is 1.87 bits per heavy atom. The number of imide groups is 1. The Bertz CT molecular complexity index is 858. The summed E-state index contributed by atoms with van der Waals surface area (Å²) in [5.41, 5.74) is 0.0987. The number of hydrogen-bond donors (Lipinski definition) is 2. The number of carboxylic acids is 1. The molecule has 2 aromatic rings. The smallest absolute Gasteiger partial charge is 0.339 e. The van der Waals surface area contributed by atoms with Crippen LogP contribution in [0.5, 0.6) is 11.5 Å². The highest BCUT2D eigenvalue weighted by Gasteiger charge is 2.39. The molecule has 0 unspecified atom stereocenters. The van der Waals surface area contributed by atoms with Crippen molar-refractivity contribution >= 4 is 23.5 Å². The van der Waals surface area contributed by atoms with Gasteiger partial charge in [0.2, 0.25) is 0 Å². The van der Waals surface area contributed by atoms with Crippen molar-refractivity contribution in [1.29, 1.82) is 0 Å². The van der Waals surface area contributed by atoms with Crippen molar-refractivity contribution in [1.82, 2.24) is 0 Å². The van der Waals surface area contributed by atoms with E-state index in [0.29, 0.717) is 0 Å². The number of fused-ring (bicyclic) bond motifs is 1. The van der Waals surface area contributed by atoms with Gasteiger partial charge in [0.15, 0.2) is 0 Å². The minimum Gasteiger partial charge on any atom is -0.507 e. The van der Waals surface area contributed by atoms with E-state index in [0.717, 1.165) is 17.0 Å². The van der Waals surface area contributed by atoms with Crippen molar-refractivity contribution in [2.24, 2.45) is 0 Å². The van der Waals surface area contributed by atoms with Crippen LogP contribution in [0.25, 0.3) is 0 Å². The van der Waals surface area contributed by atoms with Crippen LogP contribution in [-0.4, -0.2) is 35.1 Å². The van der Waals surface area contributed by atoms with Crippen LogP contribution in [-0.2, 0) is 0 Å². The van der Waals surface area contributed by atoms with E-state index in [2.05, 4.69) is 0 Å². The van der Waals surface area contributed by atoms with Gasteiger partial charge in [-0.05, 0) is 24.3 Å². The topological polar surface area (TPSA) is 104 Å². The number of aromatic carboxylic acids is 1. The number of nitrogens with zero attached hydrogens (tertiary/aromatic N) is 1. The van der Waals surface area contributed by atoms with E-state index in [1.807, 2.05) is 0 Å². The second-order valence-electron chi connectivity index (χ2n) is 4.84. The van der Waals surface area contributed by atoms with Gasteiger partial charge in [0.05, 0.1) is 23.9 Å². The Balaban J connectivity index is 2.10. The molecule has 1 aliphatic rings. The van der Waals surface area contributed by atoms with Gasteiger partial charge < -0.3 is 14.9 Å². The average Bonchev–Trinajstić information content (AvgIpc) is 2.78. The highest BCUT2D eigenvalue weighted by molar-refractivity contribution is 6.35. The summed E-state index contributed by atoms with van der Waals surface area (Å²) < 4.78 is 5.11. The number of methoxy groups -OCH3 is 1. The molecule has 0 bridgehead atoms. The van der Waals surface area contributed by atoms with Gasteiger partial charge in [-0.15, -0.1) is 0 Å². The van der Waals surface area contributed by atoms with Gasteiger partial charge in [-0.2, -0.15) is 0 Å². The monoisotopic (exact) mass is 313 g/mol.